The maximum Gasteiger partial charge on any atom is 0.340 e. The van der Waals surface area contributed by atoms with E-state index in [2.05, 4.69) is 9.97 Å². The van der Waals surface area contributed by atoms with E-state index >= 15 is 0 Å². The predicted molar refractivity (Wildman–Crippen MR) is 79.1 cm³/mol. The van der Waals surface area contributed by atoms with Crippen LogP contribution in [0.4, 0.5) is 5.82 Å². The van der Waals surface area contributed by atoms with E-state index in [1.54, 1.807) is 4.90 Å². The molecule has 7 nitrogen and oxygen atoms in total. The van der Waals surface area contributed by atoms with Crippen molar-refractivity contribution >= 4 is 11.7 Å². The molecule has 1 saturated heterocycles. The Kier molecular flexibility index (Phi) is 3.40. The van der Waals surface area contributed by atoms with Crippen molar-refractivity contribution in [1.29, 1.82) is 0 Å². The van der Waals surface area contributed by atoms with E-state index in [0.717, 1.165) is 12.0 Å². The number of amides is 1. The van der Waals surface area contributed by atoms with Gasteiger partial charge in [-0.1, -0.05) is 30.3 Å². The Morgan fingerprint density at radius 1 is 1.41 bits per heavy atom. The van der Waals surface area contributed by atoms with Gasteiger partial charge in [-0.3, -0.25) is 4.79 Å². The predicted octanol–water partition coefficient (Wildman–Crippen LogP) is 2.20. The van der Waals surface area contributed by atoms with Crippen LogP contribution >= 0.6 is 0 Å². The van der Waals surface area contributed by atoms with Crippen LogP contribution in [0.2, 0.25) is 0 Å². The van der Waals surface area contributed by atoms with Crippen molar-refractivity contribution in [3.63, 3.8) is 0 Å². The summed E-state index contributed by atoms with van der Waals surface area (Å²) >= 11 is 0. The molecule has 1 aliphatic heterocycles. The lowest BCUT2D eigenvalue weighted by Gasteiger charge is -2.35. The topological polar surface area (TPSA) is 92.1 Å². The fourth-order valence-corrected chi connectivity index (χ4v) is 3.26. The number of likely N-dealkylation sites (tertiary alicyclic amines) is 1. The number of imidazole rings is 1. The summed E-state index contributed by atoms with van der Waals surface area (Å²) < 4.78 is 0. The number of aromatic nitrogens is 2. The summed E-state index contributed by atoms with van der Waals surface area (Å²) in [5.74, 6) is 0.208. The quantitative estimate of drug-likeness (QED) is 0.694. The first kappa shape index (κ1) is 14.2. The maximum atomic E-state index is 12.1. The molecule has 1 aliphatic rings. The van der Waals surface area contributed by atoms with Crippen LogP contribution in [-0.2, 0) is 10.3 Å². The minimum atomic E-state index is -0.763. The van der Waals surface area contributed by atoms with Gasteiger partial charge in [-0.25, -0.2) is 9.97 Å². The number of rotatable bonds is 3. The molecule has 3 rings (SSSR count). The van der Waals surface area contributed by atoms with Crippen LogP contribution in [0.3, 0.4) is 0 Å². The normalized spacial score (nSPS) is 21.0. The van der Waals surface area contributed by atoms with E-state index in [1.165, 1.54) is 13.1 Å². The molecule has 0 aliphatic carbocycles. The minimum absolute atomic E-state index is 0.0691. The number of nitro groups is 1. The molecule has 0 spiro atoms. The first-order chi connectivity index (χ1) is 10.6. The summed E-state index contributed by atoms with van der Waals surface area (Å²) in [5.41, 5.74) is 0.147. The number of nitrogens with zero attached hydrogens (tertiary/aromatic N) is 3. The van der Waals surface area contributed by atoms with E-state index in [0.29, 0.717) is 18.8 Å². The van der Waals surface area contributed by atoms with Crippen LogP contribution in [-0.4, -0.2) is 32.2 Å². The Hall–Kier alpha value is -2.70. The Balaban J connectivity index is 2.18. The monoisotopic (exact) mass is 300 g/mol. The molecule has 0 radical (unpaired) electrons. The van der Waals surface area contributed by atoms with Crippen molar-refractivity contribution in [2.24, 2.45) is 0 Å². The molecular weight excluding hydrogens is 284 g/mol. The van der Waals surface area contributed by atoms with Gasteiger partial charge < -0.3 is 15.0 Å². The van der Waals surface area contributed by atoms with Gasteiger partial charge in [0.15, 0.2) is 0 Å². The first-order valence-electron chi connectivity index (χ1n) is 7.09. The lowest BCUT2D eigenvalue weighted by molar-refractivity contribution is -0.389. The zero-order valence-corrected chi connectivity index (χ0v) is 12.2. The number of hydrogen-bond donors (Lipinski definition) is 1. The molecule has 2 heterocycles. The lowest BCUT2D eigenvalue weighted by Crippen LogP contribution is -2.45. The van der Waals surface area contributed by atoms with Gasteiger partial charge in [-0.05, 0) is 23.3 Å². The first-order valence-corrected chi connectivity index (χ1v) is 7.09. The molecular formula is C15H16N4O3. The third kappa shape index (κ3) is 2.05. The summed E-state index contributed by atoms with van der Waals surface area (Å²) in [4.78, 5) is 31.3. The molecule has 114 valence electrons. The number of aromatic amines is 1. The van der Waals surface area contributed by atoms with E-state index < -0.39 is 10.5 Å². The fraction of sp³-hybridized carbons (Fsp3) is 0.333. The summed E-state index contributed by atoms with van der Waals surface area (Å²) in [6.45, 7) is 2.12. The van der Waals surface area contributed by atoms with Gasteiger partial charge in [0.05, 0.1) is 0 Å². The van der Waals surface area contributed by atoms with Crippen LogP contribution in [0.1, 0.15) is 31.2 Å². The molecule has 1 unspecified atom stereocenters. The SMILES string of the molecule is CC(=O)N1CCCC1(c1ccccc1)c1ncc([N+](=O)[O-])[nH]1. The highest BCUT2D eigenvalue weighted by atomic mass is 16.6. The number of benzene rings is 1. The Morgan fingerprint density at radius 3 is 2.73 bits per heavy atom. The third-order valence-electron chi connectivity index (χ3n) is 4.16. The highest BCUT2D eigenvalue weighted by molar-refractivity contribution is 5.75. The van der Waals surface area contributed by atoms with Crippen LogP contribution in [0, 0.1) is 10.1 Å². The van der Waals surface area contributed by atoms with Crippen LogP contribution in [0.5, 0.6) is 0 Å². The second-order valence-corrected chi connectivity index (χ2v) is 5.37. The van der Waals surface area contributed by atoms with Gasteiger partial charge in [0.25, 0.3) is 0 Å². The van der Waals surface area contributed by atoms with E-state index in [-0.39, 0.29) is 11.7 Å². The Bertz CT molecular complexity index is 713. The molecule has 1 amide bonds. The minimum Gasteiger partial charge on any atom is -0.358 e. The van der Waals surface area contributed by atoms with Crippen molar-refractivity contribution in [3.05, 3.63) is 58.0 Å². The second-order valence-electron chi connectivity index (χ2n) is 5.37. The van der Waals surface area contributed by atoms with Crippen LogP contribution in [0.15, 0.2) is 36.5 Å². The lowest BCUT2D eigenvalue weighted by atomic mass is 9.86. The van der Waals surface area contributed by atoms with Crippen LogP contribution in [0.25, 0.3) is 0 Å². The number of H-pyrrole nitrogens is 1. The Labute approximate surface area is 127 Å². The van der Waals surface area contributed by atoms with Crippen molar-refractivity contribution in [2.75, 3.05) is 6.54 Å². The molecule has 1 aromatic heterocycles. The molecule has 1 N–H and O–H groups in total. The number of nitrogens with one attached hydrogen (secondary N) is 1. The van der Waals surface area contributed by atoms with E-state index in [4.69, 9.17) is 0 Å². The zero-order chi connectivity index (χ0) is 15.7. The summed E-state index contributed by atoms with van der Waals surface area (Å²) in [5, 5.41) is 10.9. The maximum absolute atomic E-state index is 12.1. The van der Waals surface area contributed by atoms with Gasteiger partial charge in [0.2, 0.25) is 11.7 Å². The Morgan fingerprint density at radius 2 is 2.14 bits per heavy atom. The second kappa shape index (κ2) is 5.25. The standard InChI is InChI=1S/C15H16N4O3/c1-11(20)18-9-5-8-15(18,12-6-3-2-4-7-12)14-16-10-13(17-14)19(21)22/h2-4,6-7,10H,5,8-9H2,1H3,(H,16,17). The van der Waals surface area contributed by atoms with Crippen molar-refractivity contribution in [1.82, 2.24) is 14.9 Å². The van der Waals surface area contributed by atoms with Gasteiger partial charge in [0, 0.05) is 13.5 Å². The highest BCUT2D eigenvalue weighted by Gasteiger charge is 2.49. The average molecular weight is 300 g/mol. The summed E-state index contributed by atoms with van der Waals surface area (Å²) in [6, 6.07) is 9.54. The molecule has 2 aromatic rings. The van der Waals surface area contributed by atoms with Gasteiger partial charge in [-0.15, -0.1) is 0 Å². The van der Waals surface area contributed by atoms with Gasteiger partial charge >= 0.3 is 5.82 Å². The van der Waals surface area contributed by atoms with Gasteiger partial charge in [-0.2, -0.15) is 0 Å². The summed E-state index contributed by atoms with van der Waals surface area (Å²) in [6.07, 6.45) is 2.71. The van der Waals surface area contributed by atoms with Crippen molar-refractivity contribution in [3.8, 4) is 0 Å². The van der Waals surface area contributed by atoms with Gasteiger partial charge in [0.1, 0.15) is 11.7 Å². The van der Waals surface area contributed by atoms with E-state index in [9.17, 15) is 14.9 Å². The van der Waals surface area contributed by atoms with Crippen molar-refractivity contribution < 1.29 is 9.72 Å². The van der Waals surface area contributed by atoms with E-state index in [1.807, 2.05) is 30.3 Å². The molecule has 1 atom stereocenters. The van der Waals surface area contributed by atoms with Crippen LogP contribution < -0.4 is 0 Å². The molecule has 1 fully saturated rings. The number of carbonyl (C=O) groups is 1. The number of carbonyl (C=O) groups excluding carboxylic acids is 1. The largest absolute Gasteiger partial charge is 0.358 e. The molecule has 0 bridgehead atoms. The highest BCUT2D eigenvalue weighted by Crippen LogP contribution is 2.43. The smallest absolute Gasteiger partial charge is 0.340 e. The number of hydrogen-bond acceptors (Lipinski definition) is 4. The molecule has 0 saturated carbocycles. The molecule has 22 heavy (non-hydrogen) atoms. The molecule has 1 aromatic carbocycles. The summed E-state index contributed by atoms with van der Waals surface area (Å²) in [7, 11) is 0. The zero-order valence-electron chi connectivity index (χ0n) is 12.2. The third-order valence-corrected chi connectivity index (χ3v) is 4.16. The van der Waals surface area contributed by atoms with Crippen molar-refractivity contribution in [2.45, 2.75) is 25.3 Å². The molecule has 7 heteroatoms. The average Bonchev–Trinajstić information content (AvgIpc) is 3.15. The fourth-order valence-electron chi connectivity index (χ4n) is 3.26.